The van der Waals surface area contributed by atoms with Crippen molar-refractivity contribution in [2.45, 2.75) is 47.1 Å². The molecule has 1 heterocycles. The molecule has 5 heteroatoms. The van der Waals surface area contributed by atoms with Crippen LogP contribution in [0.4, 0.5) is 4.39 Å². The summed E-state index contributed by atoms with van der Waals surface area (Å²) in [7, 11) is 1.77. The predicted molar refractivity (Wildman–Crippen MR) is 155 cm³/mol. The molecule has 0 saturated carbocycles. The Morgan fingerprint density at radius 3 is 2.03 bits per heavy atom. The minimum Gasteiger partial charge on any atom is -0.394 e. The van der Waals surface area contributed by atoms with E-state index in [0.29, 0.717) is 0 Å². The molecule has 1 aliphatic rings. The number of nitrogens with one attached hydrogen (secondary N) is 1. The fourth-order valence-corrected chi connectivity index (χ4v) is 3.32. The number of hydrogen-bond donors (Lipinski definition) is 2. The van der Waals surface area contributed by atoms with Crippen LogP contribution in [-0.2, 0) is 0 Å². The number of allylic oxidation sites excluding steroid dienone is 2. The molecule has 1 aliphatic heterocycles. The smallest absolute Gasteiger partial charge is 0.0483 e. The molecule has 3 aromatic rings. The number of benzene rings is 3. The van der Waals surface area contributed by atoms with Crippen molar-refractivity contribution < 1.29 is 9.50 Å². The molecule has 0 bridgehead atoms. The van der Waals surface area contributed by atoms with Crippen molar-refractivity contribution in [2.75, 3.05) is 0 Å². The van der Waals surface area contributed by atoms with Gasteiger partial charge in [-0.2, -0.15) is 0 Å². The number of nitrogens with zero attached hydrogens (tertiary/aromatic N) is 1. The van der Waals surface area contributed by atoms with Gasteiger partial charge in [-0.1, -0.05) is 20.3 Å². The Morgan fingerprint density at radius 2 is 1.44 bits per heavy atom. The van der Waals surface area contributed by atoms with E-state index in [2.05, 4.69) is 74.0 Å². The van der Waals surface area contributed by atoms with Gasteiger partial charge in [0.1, 0.15) is 0 Å². The molecule has 0 aliphatic carbocycles. The second-order valence-electron chi connectivity index (χ2n) is 8.74. The van der Waals surface area contributed by atoms with E-state index in [-0.39, 0.29) is 11.9 Å². The van der Waals surface area contributed by atoms with Crippen LogP contribution in [0.2, 0.25) is 0 Å². The minimum atomic E-state index is -0.260. The largest absolute Gasteiger partial charge is 0.394 e. The monoisotopic (exact) mass is 482 g/mol. The summed E-state index contributed by atoms with van der Waals surface area (Å²) >= 11 is 0. The van der Waals surface area contributed by atoms with E-state index < -0.39 is 0 Å². The number of halogens is 1. The molecular formula is C31H36BFN2O. The van der Waals surface area contributed by atoms with Crippen molar-refractivity contribution >= 4 is 24.6 Å². The third-order valence-electron chi connectivity index (χ3n) is 4.84. The van der Waals surface area contributed by atoms with E-state index in [1.54, 1.807) is 39.1 Å². The van der Waals surface area contributed by atoms with Gasteiger partial charge in [-0.25, -0.2) is 0 Å². The quantitative estimate of drug-likeness (QED) is 0.396. The third-order valence-corrected chi connectivity index (χ3v) is 4.84. The topological polar surface area (TPSA) is 44.6 Å². The molecule has 186 valence electrons. The summed E-state index contributed by atoms with van der Waals surface area (Å²) in [6.45, 7) is 14.0. The zero-order valence-electron chi connectivity index (χ0n) is 21.9. The molecule has 0 unspecified atom stereocenters. The van der Waals surface area contributed by atoms with Gasteiger partial charge in [0, 0.05) is 6.10 Å². The van der Waals surface area contributed by atoms with Crippen LogP contribution in [0, 0.1) is 12.7 Å². The molecule has 3 nitrogen and oxygen atoms in total. The minimum absolute atomic E-state index is 0.167. The second-order valence-corrected chi connectivity index (χ2v) is 8.74. The first-order valence-electron chi connectivity index (χ1n) is 12.3. The van der Waals surface area contributed by atoms with Crippen molar-refractivity contribution in [3.05, 3.63) is 114 Å². The Balaban J connectivity index is 0.000000583. The number of aliphatic imine (C=N–C) groups is 1. The first kappa shape index (κ1) is 28.7. The van der Waals surface area contributed by atoms with Gasteiger partial charge >= 0.3 is 171 Å². The summed E-state index contributed by atoms with van der Waals surface area (Å²) in [5.41, 5.74) is 7.78. The molecule has 4 rings (SSSR count). The SMILES string of the molecule is C=C1/C=C(/c2ccc(F)cc2)NB=CN=C1c1ccccc1-c1ccc(C)cc1.CC(C)O.CCC. The maximum atomic E-state index is 13.3. The van der Waals surface area contributed by atoms with E-state index in [4.69, 9.17) is 5.11 Å². The van der Waals surface area contributed by atoms with Crippen LogP contribution in [0.25, 0.3) is 16.8 Å². The van der Waals surface area contributed by atoms with Crippen molar-refractivity contribution in [3.63, 3.8) is 0 Å². The van der Waals surface area contributed by atoms with Crippen LogP contribution in [0.1, 0.15) is 50.8 Å². The summed E-state index contributed by atoms with van der Waals surface area (Å²) in [5.74, 6) is -0.260. The number of hydrogen-bond acceptors (Lipinski definition) is 3. The number of aryl methyl sites for hydroxylation is 1. The molecule has 0 amide bonds. The third kappa shape index (κ3) is 8.90. The van der Waals surface area contributed by atoms with Gasteiger partial charge < -0.3 is 5.11 Å². The van der Waals surface area contributed by atoms with E-state index in [0.717, 1.165) is 39.2 Å². The normalized spacial score (nSPS) is 13.8. The maximum absolute atomic E-state index is 13.3. The molecular weight excluding hydrogens is 446 g/mol. The van der Waals surface area contributed by atoms with Gasteiger partial charge in [-0.05, 0) is 13.8 Å². The van der Waals surface area contributed by atoms with Crippen LogP contribution >= 0.6 is 0 Å². The van der Waals surface area contributed by atoms with Gasteiger partial charge in [0.2, 0.25) is 0 Å². The Kier molecular flexibility index (Phi) is 11.7. The van der Waals surface area contributed by atoms with Crippen molar-refractivity contribution in [1.29, 1.82) is 0 Å². The van der Waals surface area contributed by atoms with Crippen molar-refractivity contribution in [1.82, 2.24) is 5.23 Å². The zero-order valence-corrected chi connectivity index (χ0v) is 21.9. The van der Waals surface area contributed by atoms with Crippen molar-refractivity contribution in [2.24, 2.45) is 4.99 Å². The molecule has 2 N–H and O–H groups in total. The van der Waals surface area contributed by atoms with Gasteiger partial charge in [-0.15, -0.1) is 0 Å². The van der Waals surface area contributed by atoms with Crippen LogP contribution in [-0.4, -0.2) is 30.1 Å². The van der Waals surface area contributed by atoms with Crippen LogP contribution in [0.3, 0.4) is 0 Å². The second kappa shape index (κ2) is 14.7. The molecule has 0 atom stereocenters. The summed E-state index contributed by atoms with van der Waals surface area (Å²) in [5, 5.41) is 11.3. The molecule has 0 fully saturated rings. The van der Waals surface area contributed by atoms with E-state index >= 15 is 0 Å². The Labute approximate surface area is 216 Å². The Morgan fingerprint density at radius 1 is 0.917 bits per heavy atom. The number of rotatable bonds is 3. The average Bonchev–Trinajstić information content (AvgIpc) is 2.83. The average molecular weight is 482 g/mol. The van der Waals surface area contributed by atoms with Gasteiger partial charge in [0.25, 0.3) is 0 Å². The summed E-state index contributed by atoms with van der Waals surface area (Å²) < 4.78 is 13.3. The van der Waals surface area contributed by atoms with E-state index in [1.807, 2.05) is 18.2 Å². The van der Waals surface area contributed by atoms with Crippen LogP contribution in [0.15, 0.2) is 96.0 Å². The first-order valence-corrected chi connectivity index (χ1v) is 12.3. The van der Waals surface area contributed by atoms with Gasteiger partial charge in [-0.3, -0.25) is 0 Å². The fraction of sp³-hybridized carbons (Fsp3) is 0.226. The summed E-state index contributed by atoms with van der Waals surface area (Å²) in [6.07, 6.45) is 4.75. The molecule has 36 heavy (non-hydrogen) atoms. The summed E-state index contributed by atoms with van der Waals surface area (Å²) in [6, 6.07) is 23.0. The number of aliphatic hydroxyl groups excluding tert-OH is 1. The van der Waals surface area contributed by atoms with Crippen LogP contribution < -0.4 is 5.23 Å². The molecule has 3 aromatic carbocycles. The number of aliphatic hydroxyl groups is 1. The fourth-order valence-electron chi connectivity index (χ4n) is 3.32. The van der Waals surface area contributed by atoms with Gasteiger partial charge in [0.15, 0.2) is 0 Å². The molecule has 0 aromatic heterocycles. The van der Waals surface area contributed by atoms with E-state index in [9.17, 15) is 4.39 Å². The molecule has 0 saturated heterocycles. The zero-order chi connectivity index (χ0) is 26.5. The summed E-state index contributed by atoms with van der Waals surface area (Å²) in [4.78, 5) is 4.65. The van der Waals surface area contributed by atoms with Gasteiger partial charge in [0.05, 0.1) is 0 Å². The first-order chi connectivity index (χ1) is 17.3. The Bertz CT molecular complexity index is 1210. The van der Waals surface area contributed by atoms with E-state index in [1.165, 1.54) is 24.1 Å². The van der Waals surface area contributed by atoms with Crippen LogP contribution in [0.5, 0.6) is 0 Å². The standard InChI is InChI=1S/C25H20BFN2.C3H8O.C3H8/c1-17-7-9-19(10-8-17)22-5-3-4-6-23(22)25-18(2)15-24(29-26-16-28-25)20-11-13-21(27)14-12-20;1-3(2)4;1-3-2/h3-16,29H,2H2,1H3;3-4H,1-2H3;3H2,1-2H3/b24-15-,28-25?;;. The molecule has 0 radical (unpaired) electrons. The molecule has 0 spiro atoms. The predicted octanol–water partition coefficient (Wildman–Crippen LogP) is 6.97. The maximum Gasteiger partial charge on any atom is 0.0483 e. The Hall–Kier alpha value is -3.57. The van der Waals surface area contributed by atoms with Crippen molar-refractivity contribution in [3.8, 4) is 11.1 Å².